The Morgan fingerprint density at radius 2 is 1.89 bits per heavy atom. The van der Waals surface area contributed by atoms with Gasteiger partial charge in [-0.05, 0) is 18.1 Å². The highest BCUT2D eigenvalue weighted by Gasteiger charge is 2.26. The van der Waals surface area contributed by atoms with Gasteiger partial charge in [0, 0.05) is 0 Å². The molecular formula is C13H17NO5. The van der Waals surface area contributed by atoms with Crippen molar-refractivity contribution in [1.82, 2.24) is 5.32 Å². The van der Waals surface area contributed by atoms with Gasteiger partial charge >= 0.3 is 5.97 Å². The van der Waals surface area contributed by atoms with Gasteiger partial charge in [0.1, 0.15) is 6.04 Å². The molecule has 0 aliphatic heterocycles. The van der Waals surface area contributed by atoms with Crippen molar-refractivity contribution in [3.8, 4) is 11.5 Å². The summed E-state index contributed by atoms with van der Waals surface area (Å²) in [5, 5.41) is 21.4. The largest absolute Gasteiger partial charge is 0.504 e. The van der Waals surface area contributed by atoms with Crippen molar-refractivity contribution in [3.63, 3.8) is 0 Å². The Hall–Kier alpha value is -2.24. The van der Waals surface area contributed by atoms with Crippen molar-refractivity contribution >= 4 is 11.9 Å². The number of carbonyl (C=O) groups is 2. The van der Waals surface area contributed by atoms with Gasteiger partial charge in [-0.3, -0.25) is 4.79 Å². The van der Waals surface area contributed by atoms with Gasteiger partial charge in [-0.1, -0.05) is 19.9 Å². The first-order chi connectivity index (χ1) is 8.88. The Kier molecular flexibility index (Phi) is 4.74. The topological polar surface area (TPSA) is 95.9 Å². The Balaban J connectivity index is 2.94. The van der Waals surface area contributed by atoms with E-state index in [0.717, 1.165) is 0 Å². The lowest BCUT2D eigenvalue weighted by atomic mass is 10.0. The van der Waals surface area contributed by atoms with Crippen molar-refractivity contribution in [2.45, 2.75) is 19.9 Å². The highest BCUT2D eigenvalue weighted by atomic mass is 16.5. The van der Waals surface area contributed by atoms with E-state index in [9.17, 15) is 19.8 Å². The van der Waals surface area contributed by atoms with Gasteiger partial charge in [0.2, 0.25) is 0 Å². The van der Waals surface area contributed by atoms with Crippen molar-refractivity contribution in [2.24, 2.45) is 5.92 Å². The third kappa shape index (κ3) is 3.37. The lowest BCUT2D eigenvalue weighted by Crippen LogP contribution is -2.45. The van der Waals surface area contributed by atoms with Crippen molar-refractivity contribution in [1.29, 1.82) is 0 Å². The fourth-order valence-corrected chi connectivity index (χ4v) is 1.56. The summed E-state index contributed by atoms with van der Waals surface area (Å²) in [6, 6.07) is 3.21. The molecule has 1 aromatic carbocycles. The molecule has 6 nitrogen and oxygen atoms in total. The molecule has 1 aromatic rings. The van der Waals surface area contributed by atoms with Crippen LogP contribution in [0.15, 0.2) is 18.2 Å². The number of aromatic hydroxyl groups is 2. The van der Waals surface area contributed by atoms with Crippen LogP contribution in [0.1, 0.15) is 24.2 Å². The average molecular weight is 267 g/mol. The van der Waals surface area contributed by atoms with Crippen molar-refractivity contribution in [3.05, 3.63) is 23.8 Å². The van der Waals surface area contributed by atoms with E-state index in [0.29, 0.717) is 0 Å². The van der Waals surface area contributed by atoms with Crippen LogP contribution in [0, 0.1) is 5.92 Å². The first kappa shape index (κ1) is 14.8. The van der Waals surface area contributed by atoms with Gasteiger partial charge in [-0.2, -0.15) is 0 Å². The number of ether oxygens (including phenoxy) is 1. The second-order valence-electron chi connectivity index (χ2n) is 4.39. The predicted octanol–water partition coefficient (Wildman–Crippen LogP) is 1.03. The summed E-state index contributed by atoms with van der Waals surface area (Å²) in [5.41, 5.74) is -0.102. The SMILES string of the molecule is COC(=O)C(NC(=O)c1cccc(O)c1O)C(C)C. The van der Waals surface area contributed by atoms with E-state index in [1.165, 1.54) is 25.3 Å². The molecule has 3 N–H and O–H groups in total. The van der Waals surface area contributed by atoms with Gasteiger partial charge in [0.15, 0.2) is 11.5 Å². The number of phenols is 2. The Morgan fingerprint density at radius 3 is 2.42 bits per heavy atom. The van der Waals surface area contributed by atoms with E-state index < -0.39 is 29.4 Å². The number of esters is 1. The van der Waals surface area contributed by atoms with E-state index in [1.807, 2.05) is 0 Å². The van der Waals surface area contributed by atoms with Gasteiger partial charge in [0.25, 0.3) is 5.91 Å². The molecule has 19 heavy (non-hydrogen) atoms. The molecule has 0 saturated heterocycles. The number of phenolic OH excluding ortho intramolecular Hbond substituents is 2. The molecule has 1 rings (SSSR count). The van der Waals surface area contributed by atoms with Gasteiger partial charge in [-0.25, -0.2) is 4.79 Å². The smallest absolute Gasteiger partial charge is 0.328 e. The van der Waals surface area contributed by atoms with Crippen LogP contribution in [0.25, 0.3) is 0 Å². The molecule has 0 fully saturated rings. The van der Waals surface area contributed by atoms with Gasteiger partial charge in [-0.15, -0.1) is 0 Å². The quantitative estimate of drug-likeness (QED) is 0.559. The van der Waals surface area contributed by atoms with Gasteiger partial charge in [0.05, 0.1) is 12.7 Å². The number of methoxy groups -OCH3 is 1. The fourth-order valence-electron chi connectivity index (χ4n) is 1.56. The second-order valence-corrected chi connectivity index (χ2v) is 4.39. The third-order valence-electron chi connectivity index (χ3n) is 2.67. The molecule has 0 radical (unpaired) electrons. The highest BCUT2D eigenvalue weighted by Crippen LogP contribution is 2.28. The van der Waals surface area contributed by atoms with E-state index in [-0.39, 0.29) is 11.5 Å². The Labute approximate surface area is 111 Å². The van der Waals surface area contributed by atoms with E-state index >= 15 is 0 Å². The van der Waals surface area contributed by atoms with Crippen LogP contribution in [0.5, 0.6) is 11.5 Å². The molecule has 6 heteroatoms. The van der Waals surface area contributed by atoms with E-state index in [1.54, 1.807) is 13.8 Å². The molecule has 1 unspecified atom stereocenters. The van der Waals surface area contributed by atoms with Gasteiger partial charge < -0.3 is 20.3 Å². The lowest BCUT2D eigenvalue weighted by Gasteiger charge is -2.20. The fraction of sp³-hybridized carbons (Fsp3) is 0.385. The maximum atomic E-state index is 12.0. The number of rotatable bonds is 4. The number of nitrogens with one attached hydrogen (secondary N) is 1. The first-order valence-electron chi connectivity index (χ1n) is 5.78. The lowest BCUT2D eigenvalue weighted by molar-refractivity contribution is -0.144. The number of carbonyl (C=O) groups excluding carboxylic acids is 2. The van der Waals surface area contributed by atoms with E-state index in [4.69, 9.17) is 0 Å². The first-order valence-corrected chi connectivity index (χ1v) is 5.78. The molecule has 1 atom stereocenters. The molecular weight excluding hydrogens is 250 g/mol. The van der Waals surface area contributed by atoms with Crippen molar-refractivity contribution < 1.29 is 24.5 Å². The summed E-state index contributed by atoms with van der Waals surface area (Å²) in [6.07, 6.45) is 0. The van der Waals surface area contributed by atoms with Crippen LogP contribution in [-0.4, -0.2) is 35.2 Å². The number of benzene rings is 1. The average Bonchev–Trinajstić information content (AvgIpc) is 2.37. The molecule has 0 saturated carbocycles. The molecule has 104 valence electrons. The third-order valence-corrected chi connectivity index (χ3v) is 2.67. The van der Waals surface area contributed by atoms with Crippen LogP contribution in [-0.2, 0) is 9.53 Å². The minimum atomic E-state index is -0.820. The Bertz CT molecular complexity index is 484. The number of para-hydroxylation sites is 1. The maximum absolute atomic E-state index is 12.0. The summed E-state index contributed by atoms with van der Waals surface area (Å²) in [4.78, 5) is 23.5. The number of amides is 1. The van der Waals surface area contributed by atoms with Crippen LogP contribution in [0.4, 0.5) is 0 Å². The van der Waals surface area contributed by atoms with Crippen LogP contribution in [0.3, 0.4) is 0 Å². The summed E-state index contributed by atoms with van der Waals surface area (Å²) < 4.78 is 4.60. The normalized spacial score (nSPS) is 12.0. The highest BCUT2D eigenvalue weighted by molar-refractivity contribution is 5.99. The minimum Gasteiger partial charge on any atom is -0.504 e. The van der Waals surface area contributed by atoms with Crippen molar-refractivity contribution in [2.75, 3.05) is 7.11 Å². The molecule has 0 bridgehead atoms. The van der Waals surface area contributed by atoms with Crippen LogP contribution in [0.2, 0.25) is 0 Å². The van der Waals surface area contributed by atoms with E-state index in [2.05, 4.69) is 10.1 Å². The monoisotopic (exact) mass is 267 g/mol. The molecule has 0 spiro atoms. The summed E-state index contributed by atoms with van der Waals surface area (Å²) >= 11 is 0. The molecule has 0 aromatic heterocycles. The number of hydrogen-bond donors (Lipinski definition) is 3. The Morgan fingerprint density at radius 1 is 1.26 bits per heavy atom. The summed E-state index contributed by atoms with van der Waals surface area (Å²) in [7, 11) is 1.23. The maximum Gasteiger partial charge on any atom is 0.328 e. The number of hydrogen-bond acceptors (Lipinski definition) is 5. The minimum absolute atomic E-state index is 0.102. The molecule has 0 heterocycles. The molecule has 0 aliphatic carbocycles. The van der Waals surface area contributed by atoms with Crippen LogP contribution < -0.4 is 5.32 Å². The van der Waals surface area contributed by atoms with Crippen LogP contribution >= 0.6 is 0 Å². The standard InChI is InChI=1S/C13H17NO5/c1-7(2)10(13(18)19-3)14-12(17)8-5-4-6-9(15)11(8)16/h4-7,10,15-16H,1-3H3,(H,14,17). The summed E-state index contributed by atoms with van der Waals surface area (Å²) in [5.74, 6) is -2.31. The molecule has 0 aliphatic rings. The second kappa shape index (κ2) is 6.08. The zero-order chi connectivity index (χ0) is 14.6. The zero-order valence-corrected chi connectivity index (χ0v) is 11.0. The molecule has 1 amide bonds. The summed E-state index contributed by atoms with van der Waals surface area (Å²) in [6.45, 7) is 3.51. The zero-order valence-electron chi connectivity index (χ0n) is 11.0. The predicted molar refractivity (Wildman–Crippen MR) is 67.9 cm³/mol.